The van der Waals surface area contributed by atoms with E-state index in [4.69, 9.17) is 4.74 Å². The molecule has 0 aromatic heterocycles. The van der Waals surface area contributed by atoms with Gasteiger partial charge in [-0.15, -0.1) is 0 Å². The summed E-state index contributed by atoms with van der Waals surface area (Å²) in [7, 11) is 1.59. The van der Waals surface area contributed by atoms with Crippen LogP contribution >= 0.6 is 0 Å². The molecule has 0 aliphatic rings. The number of hydrogen-bond donors (Lipinski definition) is 2. The number of carbonyl (C=O) groups excluding carboxylic acids is 1. The molecule has 0 aliphatic carbocycles. The smallest absolute Gasteiger partial charge is 0.253 e. The zero-order chi connectivity index (χ0) is 15.0. The van der Waals surface area contributed by atoms with Crippen molar-refractivity contribution < 1.29 is 13.9 Å². The van der Waals surface area contributed by atoms with Crippen LogP contribution in [0.1, 0.15) is 30.6 Å². The van der Waals surface area contributed by atoms with Crippen LogP contribution in [0.15, 0.2) is 18.2 Å². The van der Waals surface area contributed by atoms with Crippen LogP contribution in [-0.4, -0.2) is 32.7 Å². The average molecular weight is 282 g/mol. The molecule has 4 nitrogen and oxygen atoms in total. The van der Waals surface area contributed by atoms with E-state index >= 15 is 0 Å². The monoisotopic (exact) mass is 282 g/mol. The molecule has 112 valence electrons. The van der Waals surface area contributed by atoms with E-state index in [0.29, 0.717) is 31.2 Å². The van der Waals surface area contributed by atoms with E-state index in [0.717, 1.165) is 6.42 Å². The Labute approximate surface area is 119 Å². The maximum absolute atomic E-state index is 13.5. The number of amides is 1. The largest absolute Gasteiger partial charge is 0.385 e. The van der Waals surface area contributed by atoms with E-state index in [2.05, 4.69) is 24.5 Å². The zero-order valence-corrected chi connectivity index (χ0v) is 12.3. The van der Waals surface area contributed by atoms with Crippen molar-refractivity contribution >= 4 is 11.6 Å². The summed E-state index contributed by atoms with van der Waals surface area (Å²) in [4.78, 5) is 11.9. The van der Waals surface area contributed by atoms with E-state index in [1.54, 1.807) is 13.1 Å². The van der Waals surface area contributed by atoms with Crippen LogP contribution in [0.2, 0.25) is 0 Å². The van der Waals surface area contributed by atoms with Crippen LogP contribution in [0.4, 0.5) is 10.1 Å². The Hall–Kier alpha value is -1.62. The molecule has 0 heterocycles. The highest BCUT2D eigenvalue weighted by atomic mass is 19.1. The molecule has 0 radical (unpaired) electrons. The lowest BCUT2D eigenvalue weighted by Crippen LogP contribution is -2.28. The van der Waals surface area contributed by atoms with Gasteiger partial charge in [-0.2, -0.15) is 0 Å². The number of para-hydroxylation sites is 1. The Morgan fingerprint density at radius 3 is 2.75 bits per heavy atom. The Balaban J connectivity index is 2.38. The molecule has 0 fully saturated rings. The Bertz CT molecular complexity index is 436. The zero-order valence-electron chi connectivity index (χ0n) is 12.3. The van der Waals surface area contributed by atoms with Gasteiger partial charge in [0.25, 0.3) is 5.91 Å². The summed E-state index contributed by atoms with van der Waals surface area (Å²) in [5.74, 6) is -0.135. The van der Waals surface area contributed by atoms with E-state index in [1.807, 2.05) is 0 Å². The number of carbonyl (C=O) groups is 1. The Morgan fingerprint density at radius 1 is 1.35 bits per heavy atom. The first-order valence-corrected chi connectivity index (χ1v) is 6.88. The first kappa shape index (κ1) is 16.4. The van der Waals surface area contributed by atoms with Gasteiger partial charge in [0.2, 0.25) is 0 Å². The van der Waals surface area contributed by atoms with Gasteiger partial charge in [0, 0.05) is 20.2 Å². The van der Waals surface area contributed by atoms with Gasteiger partial charge in [-0.3, -0.25) is 4.79 Å². The fraction of sp³-hybridized carbons (Fsp3) is 0.533. The molecular formula is C15H23FN2O2. The lowest BCUT2D eigenvalue weighted by atomic mass is 10.1. The molecule has 0 saturated carbocycles. The van der Waals surface area contributed by atoms with E-state index in [1.165, 1.54) is 12.1 Å². The summed E-state index contributed by atoms with van der Waals surface area (Å²) in [6.07, 6.45) is 1.00. The van der Waals surface area contributed by atoms with Gasteiger partial charge in [0.15, 0.2) is 0 Å². The Kier molecular flexibility index (Phi) is 7.01. The summed E-state index contributed by atoms with van der Waals surface area (Å²) in [5, 5.41) is 5.42. The van der Waals surface area contributed by atoms with Crippen LogP contribution in [0.3, 0.4) is 0 Å². The molecule has 5 heteroatoms. The first-order valence-electron chi connectivity index (χ1n) is 6.88. The van der Waals surface area contributed by atoms with Crippen molar-refractivity contribution in [3.05, 3.63) is 29.6 Å². The Morgan fingerprint density at radius 2 is 2.10 bits per heavy atom. The molecule has 1 aromatic carbocycles. The van der Waals surface area contributed by atoms with Crippen LogP contribution in [-0.2, 0) is 4.74 Å². The second-order valence-electron chi connectivity index (χ2n) is 4.96. The molecule has 0 atom stereocenters. The molecular weight excluding hydrogens is 259 g/mol. The van der Waals surface area contributed by atoms with Gasteiger partial charge in [-0.1, -0.05) is 19.9 Å². The van der Waals surface area contributed by atoms with Gasteiger partial charge in [0.1, 0.15) is 5.82 Å². The second-order valence-corrected chi connectivity index (χ2v) is 4.96. The van der Waals surface area contributed by atoms with Crippen LogP contribution < -0.4 is 10.6 Å². The predicted molar refractivity (Wildman–Crippen MR) is 78.6 cm³/mol. The summed E-state index contributed by atoms with van der Waals surface area (Å²) >= 11 is 0. The molecule has 0 saturated heterocycles. The standard InChI is InChI=1S/C15H23FN2O2/c1-11(2)7-9-20-10-8-18-15(19)12-5-4-6-13(16)14(12)17-3/h4-6,11,17H,7-10H2,1-3H3,(H,18,19). The van der Waals surface area contributed by atoms with Gasteiger partial charge in [-0.25, -0.2) is 4.39 Å². The van der Waals surface area contributed by atoms with Crippen molar-refractivity contribution in [2.24, 2.45) is 5.92 Å². The number of nitrogens with one attached hydrogen (secondary N) is 2. The maximum Gasteiger partial charge on any atom is 0.253 e. The second kappa shape index (κ2) is 8.53. The molecule has 0 unspecified atom stereocenters. The third-order valence-electron chi connectivity index (χ3n) is 2.88. The molecule has 1 amide bonds. The fourth-order valence-electron chi connectivity index (χ4n) is 1.72. The van der Waals surface area contributed by atoms with E-state index in [-0.39, 0.29) is 11.6 Å². The topological polar surface area (TPSA) is 50.4 Å². The molecule has 0 aliphatic heterocycles. The summed E-state index contributed by atoms with van der Waals surface area (Å²) < 4.78 is 18.9. The van der Waals surface area contributed by atoms with Crippen LogP contribution in [0.25, 0.3) is 0 Å². The maximum atomic E-state index is 13.5. The number of hydrogen-bond acceptors (Lipinski definition) is 3. The van der Waals surface area contributed by atoms with Crippen LogP contribution in [0, 0.1) is 11.7 Å². The van der Waals surface area contributed by atoms with E-state index in [9.17, 15) is 9.18 Å². The quantitative estimate of drug-likeness (QED) is 0.721. The SMILES string of the molecule is CNc1c(F)cccc1C(=O)NCCOCCC(C)C. The fourth-order valence-corrected chi connectivity index (χ4v) is 1.72. The van der Waals surface area contributed by atoms with Crippen molar-refractivity contribution in [2.75, 3.05) is 32.1 Å². The average Bonchev–Trinajstić information content (AvgIpc) is 2.41. The molecule has 0 bridgehead atoms. The third kappa shape index (κ3) is 5.17. The van der Waals surface area contributed by atoms with Crippen molar-refractivity contribution in [3.8, 4) is 0 Å². The number of anilines is 1. The number of halogens is 1. The van der Waals surface area contributed by atoms with Gasteiger partial charge < -0.3 is 15.4 Å². The van der Waals surface area contributed by atoms with Gasteiger partial charge in [0.05, 0.1) is 17.9 Å². The summed E-state index contributed by atoms with van der Waals surface area (Å²) in [6, 6.07) is 4.42. The lowest BCUT2D eigenvalue weighted by Gasteiger charge is -2.11. The third-order valence-corrected chi connectivity index (χ3v) is 2.88. The minimum atomic E-state index is -0.437. The summed E-state index contributed by atoms with van der Waals surface area (Å²) in [6.45, 7) is 5.83. The van der Waals surface area contributed by atoms with Gasteiger partial charge >= 0.3 is 0 Å². The minimum absolute atomic E-state index is 0.214. The predicted octanol–water partition coefficient (Wildman–Crippen LogP) is 2.66. The minimum Gasteiger partial charge on any atom is -0.385 e. The van der Waals surface area contributed by atoms with Crippen molar-refractivity contribution in [1.29, 1.82) is 0 Å². The van der Waals surface area contributed by atoms with Crippen LogP contribution in [0.5, 0.6) is 0 Å². The van der Waals surface area contributed by atoms with Crippen molar-refractivity contribution in [1.82, 2.24) is 5.32 Å². The van der Waals surface area contributed by atoms with E-state index < -0.39 is 5.82 Å². The highest BCUT2D eigenvalue weighted by molar-refractivity contribution is 5.99. The van der Waals surface area contributed by atoms with Crippen molar-refractivity contribution in [3.63, 3.8) is 0 Å². The summed E-state index contributed by atoms with van der Waals surface area (Å²) in [5.41, 5.74) is 0.514. The molecule has 20 heavy (non-hydrogen) atoms. The molecule has 0 spiro atoms. The normalized spacial score (nSPS) is 10.7. The first-order chi connectivity index (χ1) is 9.56. The molecule has 1 aromatic rings. The molecule has 2 N–H and O–H groups in total. The lowest BCUT2D eigenvalue weighted by molar-refractivity contribution is 0.0906. The van der Waals surface area contributed by atoms with Crippen molar-refractivity contribution in [2.45, 2.75) is 20.3 Å². The highest BCUT2D eigenvalue weighted by Crippen LogP contribution is 2.18. The number of rotatable bonds is 8. The van der Waals surface area contributed by atoms with Gasteiger partial charge in [-0.05, 0) is 24.5 Å². The molecule has 1 rings (SSSR count). The highest BCUT2D eigenvalue weighted by Gasteiger charge is 2.13. The number of ether oxygens (including phenoxy) is 1. The number of benzene rings is 1.